The lowest BCUT2D eigenvalue weighted by molar-refractivity contribution is -0.140. The molecule has 0 fully saturated rings. The average molecular weight is 474 g/mol. The molecule has 0 aromatic heterocycles. The van der Waals surface area contributed by atoms with Gasteiger partial charge in [-0.05, 0) is 56.9 Å². The Morgan fingerprint density at radius 3 is 2.21 bits per heavy atom. The number of nitrogens with zero attached hydrogens (tertiary/aromatic N) is 2. The molecular weight excluding hydrogens is 438 g/mol. The van der Waals surface area contributed by atoms with Crippen LogP contribution in [0.5, 0.6) is 0 Å². The first-order valence-corrected chi connectivity index (χ1v) is 13.0. The minimum atomic E-state index is -3.74. The number of benzene rings is 2. The van der Waals surface area contributed by atoms with Gasteiger partial charge in [0.15, 0.2) is 0 Å². The number of anilines is 1. The summed E-state index contributed by atoms with van der Waals surface area (Å²) in [5.41, 5.74) is 4.12. The number of carbonyl (C=O) groups excluding carboxylic acids is 2. The lowest BCUT2D eigenvalue weighted by Crippen LogP contribution is -2.52. The summed E-state index contributed by atoms with van der Waals surface area (Å²) in [6.45, 7) is 9.63. The van der Waals surface area contributed by atoms with Crippen molar-refractivity contribution in [2.24, 2.45) is 0 Å². The van der Waals surface area contributed by atoms with E-state index >= 15 is 0 Å². The average Bonchev–Trinajstić information content (AvgIpc) is 2.73. The summed E-state index contributed by atoms with van der Waals surface area (Å²) in [5, 5.41) is 2.80. The number of carbonyl (C=O) groups is 2. The van der Waals surface area contributed by atoms with Gasteiger partial charge in [-0.15, -0.1) is 0 Å². The minimum Gasteiger partial charge on any atom is -0.355 e. The molecule has 0 saturated carbocycles. The van der Waals surface area contributed by atoms with Crippen molar-refractivity contribution in [1.29, 1.82) is 0 Å². The Hall–Kier alpha value is -2.87. The topological polar surface area (TPSA) is 86.8 Å². The van der Waals surface area contributed by atoms with Gasteiger partial charge in [0.25, 0.3) is 0 Å². The summed E-state index contributed by atoms with van der Waals surface area (Å²) in [4.78, 5) is 27.9. The number of hydrogen-bond donors (Lipinski definition) is 1. The van der Waals surface area contributed by atoms with Crippen LogP contribution in [-0.2, 0) is 26.2 Å². The van der Waals surface area contributed by atoms with E-state index in [9.17, 15) is 18.0 Å². The van der Waals surface area contributed by atoms with Crippen molar-refractivity contribution in [3.8, 4) is 0 Å². The van der Waals surface area contributed by atoms with E-state index in [-0.39, 0.29) is 19.0 Å². The quantitative estimate of drug-likeness (QED) is 0.574. The number of nitrogens with one attached hydrogen (secondary N) is 1. The fraction of sp³-hybridized carbons (Fsp3) is 0.440. The van der Waals surface area contributed by atoms with Crippen LogP contribution < -0.4 is 9.62 Å². The maximum absolute atomic E-state index is 13.6. The van der Waals surface area contributed by atoms with Gasteiger partial charge in [-0.1, -0.05) is 48.9 Å². The Bertz CT molecular complexity index is 1100. The van der Waals surface area contributed by atoms with Gasteiger partial charge in [0.2, 0.25) is 21.8 Å². The monoisotopic (exact) mass is 473 g/mol. The summed E-state index contributed by atoms with van der Waals surface area (Å²) in [6.07, 6.45) is 1.50. The van der Waals surface area contributed by atoms with Crippen molar-refractivity contribution in [2.75, 3.05) is 23.7 Å². The van der Waals surface area contributed by atoms with Crippen molar-refractivity contribution in [3.05, 3.63) is 64.7 Å². The van der Waals surface area contributed by atoms with Gasteiger partial charge >= 0.3 is 0 Å². The number of hydrogen-bond acceptors (Lipinski definition) is 4. The highest BCUT2D eigenvalue weighted by Gasteiger charge is 2.32. The predicted molar refractivity (Wildman–Crippen MR) is 133 cm³/mol. The number of likely N-dealkylation sites (N-methyl/N-ethyl adjacent to an activating group) is 1. The van der Waals surface area contributed by atoms with Gasteiger partial charge in [0, 0.05) is 13.1 Å². The molecule has 33 heavy (non-hydrogen) atoms. The molecule has 0 aliphatic carbocycles. The van der Waals surface area contributed by atoms with Crippen LogP contribution in [0.1, 0.15) is 42.5 Å². The van der Waals surface area contributed by atoms with Gasteiger partial charge in [-0.25, -0.2) is 8.42 Å². The van der Waals surface area contributed by atoms with Gasteiger partial charge in [-0.3, -0.25) is 13.9 Å². The van der Waals surface area contributed by atoms with E-state index in [1.165, 1.54) is 4.90 Å². The zero-order chi connectivity index (χ0) is 24.8. The van der Waals surface area contributed by atoms with Gasteiger partial charge in [0.1, 0.15) is 12.6 Å². The van der Waals surface area contributed by atoms with Crippen LogP contribution in [0.4, 0.5) is 5.69 Å². The molecule has 0 aliphatic heterocycles. The molecule has 2 rings (SSSR count). The third-order valence-electron chi connectivity index (χ3n) is 5.64. The standard InChI is InChI=1S/C25H35N3O4S/c1-7-22(25(30)26-8-2)27(16-21-12-10-9-11-19(21)4)24(29)17-28(33(6,31)32)23-14-13-18(3)15-20(23)5/h9-15,22H,7-8,16-17H2,1-6H3,(H,26,30)/t22-/m0/s1. The fourth-order valence-electron chi connectivity index (χ4n) is 3.86. The normalized spacial score (nSPS) is 12.2. The molecule has 2 amide bonds. The number of aryl methyl sites for hydroxylation is 3. The Morgan fingerprint density at radius 1 is 1.00 bits per heavy atom. The molecule has 1 atom stereocenters. The second-order valence-corrected chi connectivity index (χ2v) is 10.2. The number of amides is 2. The SMILES string of the molecule is CCNC(=O)[C@H](CC)N(Cc1ccccc1C)C(=O)CN(c1ccc(C)cc1C)S(C)(=O)=O. The zero-order valence-corrected chi connectivity index (χ0v) is 21.2. The van der Waals surface area contributed by atoms with Crippen LogP contribution in [0.25, 0.3) is 0 Å². The van der Waals surface area contributed by atoms with E-state index < -0.39 is 22.0 Å². The van der Waals surface area contributed by atoms with Gasteiger partial charge < -0.3 is 10.2 Å². The second kappa shape index (κ2) is 11.3. The van der Waals surface area contributed by atoms with E-state index in [0.717, 1.165) is 32.8 Å². The van der Waals surface area contributed by atoms with E-state index in [4.69, 9.17) is 0 Å². The largest absolute Gasteiger partial charge is 0.355 e. The Labute approximate surface area is 197 Å². The first kappa shape index (κ1) is 26.4. The fourth-order valence-corrected chi connectivity index (χ4v) is 4.77. The molecule has 0 unspecified atom stereocenters. The van der Waals surface area contributed by atoms with E-state index in [2.05, 4.69) is 5.32 Å². The molecule has 0 aliphatic rings. The van der Waals surface area contributed by atoms with Crippen LogP contribution in [0.3, 0.4) is 0 Å². The highest BCUT2D eigenvalue weighted by atomic mass is 32.2. The smallest absolute Gasteiger partial charge is 0.244 e. The molecule has 0 spiro atoms. The summed E-state index contributed by atoms with van der Waals surface area (Å²) in [6, 6.07) is 12.4. The molecule has 1 N–H and O–H groups in total. The van der Waals surface area contributed by atoms with Gasteiger partial charge in [-0.2, -0.15) is 0 Å². The molecule has 0 saturated heterocycles. The highest BCUT2D eigenvalue weighted by Crippen LogP contribution is 2.24. The summed E-state index contributed by atoms with van der Waals surface area (Å²) in [7, 11) is -3.74. The molecule has 180 valence electrons. The van der Waals surface area contributed by atoms with Gasteiger partial charge in [0.05, 0.1) is 11.9 Å². The maximum atomic E-state index is 13.6. The minimum absolute atomic E-state index is 0.214. The lowest BCUT2D eigenvalue weighted by atomic mass is 10.1. The van der Waals surface area contributed by atoms with Crippen LogP contribution in [-0.4, -0.2) is 50.5 Å². The first-order chi connectivity index (χ1) is 15.5. The lowest BCUT2D eigenvalue weighted by Gasteiger charge is -2.33. The molecule has 0 radical (unpaired) electrons. The Kier molecular flexibility index (Phi) is 9.05. The molecule has 0 heterocycles. The van der Waals surface area contributed by atoms with Crippen LogP contribution >= 0.6 is 0 Å². The molecule has 0 bridgehead atoms. The molecule has 2 aromatic carbocycles. The van der Waals surface area contributed by atoms with Crippen molar-refractivity contribution in [1.82, 2.24) is 10.2 Å². The number of sulfonamides is 1. The zero-order valence-electron chi connectivity index (χ0n) is 20.4. The molecule has 8 heteroatoms. The highest BCUT2D eigenvalue weighted by molar-refractivity contribution is 7.92. The first-order valence-electron chi connectivity index (χ1n) is 11.2. The van der Waals surface area contributed by atoms with E-state index in [0.29, 0.717) is 18.7 Å². The summed E-state index contributed by atoms with van der Waals surface area (Å²) in [5.74, 6) is -0.680. The van der Waals surface area contributed by atoms with Crippen LogP contribution in [0.15, 0.2) is 42.5 Å². The van der Waals surface area contributed by atoms with Crippen LogP contribution in [0, 0.1) is 20.8 Å². The Morgan fingerprint density at radius 2 is 1.67 bits per heavy atom. The predicted octanol–water partition coefficient (Wildman–Crippen LogP) is 3.32. The van der Waals surface area contributed by atoms with Crippen molar-refractivity contribution in [2.45, 2.75) is 53.6 Å². The maximum Gasteiger partial charge on any atom is 0.244 e. The second-order valence-electron chi connectivity index (χ2n) is 8.33. The van der Waals surface area contributed by atoms with E-state index in [1.54, 1.807) is 6.07 Å². The third kappa shape index (κ3) is 6.81. The molecule has 2 aromatic rings. The Balaban J connectivity index is 2.48. The van der Waals surface area contributed by atoms with Crippen LogP contribution in [0.2, 0.25) is 0 Å². The molecule has 7 nitrogen and oxygen atoms in total. The number of rotatable bonds is 10. The third-order valence-corrected chi connectivity index (χ3v) is 6.77. The van der Waals surface area contributed by atoms with Crippen molar-refractivity contribution < 1.29 is 18.0 Å². The van der Waals surface area contributed by atoms with Crippen molar-refractivity contribution in [3.63, 3.8) is 0 Å². The summed E-state index contributed by atoms with van der Waals surface area (Å²) >= 11 is 0. The summed E-state index contributed by atoms with van der Waals surface area (Å²) < 4.78 is 26.5. The molecular formula is C25H35N3O4S. The van der Waals surface area contributed by atoms with Crippen molar-refractivity contribution >= 4 is 27.5 Å². The van der Waals surface area contributed by atoms with E-state index in [1.807, 2.05) is 71.0 Å².